The van der Waals surface area contributed by atoms with Crippen LogP contribution in [-0.2, 0) is 19.2 Å². The van der Waals surface area contributed by atoms with Crippen molar-refractivity contribution in [1.29, 1.82) is 0 Å². The van der Waals surface area contributed by atoms with Gasteiger partial charge in [0.1, 0.15) is 0 Å². The molecule has 0 heterocycles. The molecule has 12 heteroatoms. The van der Waals surface area contributed by atoms with Gasteiger partial charge in [-0.3, -0.25) is 19.2 Å². The van der Waals surface area contributed by atoms with Crippen LogP contribution in [0.15, 0.2) is 0 Å². The topological polar surface area (TPSA) is 199 Å². The molecule has 0 aromatic heterocycles. The van der Waals surface area contributed by atoms with Gasteiger partial charge in [-0.15, -0.1) is 0 Å². The molecule has 0 aliphatic carbocycles. The first-order chi connectivity index (χ1) is 10.4. The number of carboxylic acids is 4. The molecule has 0 amide bonds. The van der Waals surface area contributed by atoms with E-state index in [4.69, 9.17) is 26.2 Å². The smallest absolute Gasteiger partial charge is 1.00 e. The Morgan fingerprint density at radius 2 is 1.17 bits per heavy atom. The molecule has 0 atom stereocenters. The van der Waals surface area contributed by atoms with Crippen molar-refractivity contribution >= 4 is 23.9 Å². The van der Waals surface area contributed by atoms with Crippen molar-refractivity contribution < 1.29 is 75.8 Å². The maximum atomic E-state index is 11.2. The molecular formula is C12H21N2NaO9. The number of hydroxylamine groups is 2. The average molecular weight is 360 g/mol. The van der Waals surface area contributed by atoms with Gasteiger partial charge in [0.05, 0.1) is 36.8 Å². The number of hydrogen-bond donors (Lipinski definition) is 6. The molecule has 11 nitrogen and oxygen atoms in total. The second kappa shape index (κ2) is 9.91. The average Bonchev–Trinajstić information content (AvgIpc) is 2.33. The third-order valence-electron chi connectivity index (χ3n) is 3.54. The summed E-state index contributed by atoms with van der Waals surface area (Å²) in [6.07, 6.45) is -4.20. The van der Waals surface area contributed by atoms with Crippen LogP contribution in [0.3, 0.4) is 0 Å². The molecule has 24 heavy (non-hydrogen) atoms. The van der Waals surface area contributed by atoms with Crippen LogP contribution in [0.1, 0.15) is 34.0 Å². The van der Waals surface area contributed by atoms with Crippen LogP contribution in [0, 0.1) is 0 Å². The molecule has 0 bridgehead atoms. The predicted octanol–water partition coefficient (Wildman–Crippen LogP) is -3.85. The number of aliphatic carboxylic acids is 4. The Bertz CT molecular complexity index is 471. The Morgan fingerprint density at radius 3 is 1.38 bits per heavy atom. The van der Waals surface area contributed by atoms with Crippen molar-refractivity contribution in [2.24, 2.45) is 5.73 Å². The van der Waals surface area contributed by atoms with E-state index in [1.54, 1.807) is 0 Å². The summed E-state index contributed by atoms with van der Waals surface area (Å²) in [7, 11) is 0. The summed E-state index contributed by atoms with van der Waals surface area (Å²) in [5.41, 5.74) is 1.20. The van der Waals surface area contributed by atoms with Crippen LogP contribution in [-0.4, -0.2) is 72.2 Å². The quantitative estimate of drug-likeness (QED) is 0.156. The summed E-state index contributed by atoms with van der Waals surface area (Å²) in [6.45, 7) is 1.05. The molecule has 0 aromatic carbocycles. The Kier molecular flexibility index (Phi) is 10.3. The first kappa shape index (κ1) is 25.0. The molecule has 134 valence electrons. The molecular weight excluding hydrogens is 339 g/mol. The van der Waals surface area contributed by atoms with Crippen LogP contribution in [0.2, 0.25) is 0 Å². The van der Waals surface area contributed by atoms with Crippen molar-refractivity contribution in [2.45, 2.75) is 43.7 Å². The van der Waals surface area contributed by atoms with Crippen molar-refractivity contribution in [2.75, 3.05) is 6.54 Å². The fourth-order valence-electron chi connectivity index (χ4n) is 2.59. The Morgan fingerprint density at radius 1 is 0.875 bits per heavy atom. The zero-order chi connectivity index (χ0) is 18.4. The molecule has 0 fully saturated rings. The molecule has 0 aliphatic rings. The van der Waals surface area contributed by atoms with E-state index < -0.39 is 60.6 Å². The second-order valence-electron chi connectivity index (χ2n) is 5.19. The summed E-state index contributed by atoms with van der Waals surface area (Å²) in [6, 6.07) is 0. The minimum Gasteiger partial charge on any atom is -1.00 e. The molecule has 0 saturated carbocycles. The van der Waals surface area contributed by atoms with E-state index in [9.17, 15) is 24.4 Å². The van der Waals surface area contributed by atoms with Crippen molar-refractivity contribution in [3.63, 3.8) is 0 Å². The maximum absolute atomic E-state index is 11.2. The van der Waals surface area contributed by atoms with E-state index in [-0.39, 0.29) is 37.5 Å². The van der Waals surface area contributed by atoms with Crippen molar-refractivity contribution in [1.82, 2.24) is 5.06 Å². The first-order valence-electron chi connectivity index (χ1n) is 6.52. The van der Waals surface area contributed by atoms with Crippen molar-refractivity contribution in [3.05, 3.63) is 0 Å². The van der Waals surface area contributed by atoms with Gasteiger partial charge in [-0.05, 0) is 0 Å². The van der Waals surface area contributed by atoms with Crippen molar-refractivity contribution in [3.8, 4) is 0 Å². The third kappa shape index (κ3) is 6.34. The summed E-state index contributed by atoms with van der Waals surface area (Å²) in [4.78, 5) is 44.4. The summed E-state index contributed by atoms with van der Waals surface area (Å²) in [5.74, 6) is -6.24. The fraction of sp³-hybridized carbons (Fsp3) is 0.667. The van der Waals surface area contributed by atoms with Gasteiger partial charge >= 0.3 is 53.4 Å². The van der Waals surface area contributed by atoms with Gasteiger partial charge in [-0.2, -0.15) is 5.06 Å². The van der Waals surface area contributed by atoms with Gasteiger partial charge in [-0.1, -0.05) is 6.92 Å². The van der Waals surface area contributed by atoms with Crippen LogP contribution in [0.25, 0.3) is 0 Å². The van der Waals surface area contributed by atoms with E-state index in [2.05, 4.69) is 0 Å². The van der Waals surface area contributed by atoms with E-state index in [0.29, 0.717) is 5.06 Å². The third-order valence-corrected chi connectivity index (χ3v) is 3.54. The molecule has 0 rings (SSSR count). The fourth-order valence-corrected chi connectivity index (χ4v) is 2.59. The first-order valence-corrected chi connectivity index (χ1v) is 6.52. The standard InChI is InChI=1S/C12H20N2O9.Na.H/c1-2-14(23)12(5-9(19)20,6-10(21)22)11(13,3-7(15)16)4-8(17)18;;/h23H,2-6,13H2,1H3,(H,15,16)(H,17,18)(H,19,20)(H,21,22);;/q;+1;-1. The van der Waals surface area contributed by atoms with E-state index >= 15 is 0 Å². The van der Waals surface area contributed by atoms with Crippen LogP contribution in [0.5, 0.6) is 0 Å². The van der Waals surface area contributed by atoms with E-state index in [1.807, 2.05) is 0 Å². The number of nitrogens with zero attached hydrogens (tertiary/aromatic N) is 1. The Balaban J connectivity index is -0.00000242. The zero-order valence-electron chi connectivity index (χ0n) is 14.4. The van der Waals surface area contributed by atoms with Crippen LogP contribution < -0.4 is 35.3 Å². The molecule has 7 N–H and O–H groups in total. The van der Waals surface area contributed by atoms with Gasteiger partial charge in [0.15, 0.2) is 0 Å². The maximum Gasteiger partial charge on any atom is 1.00 e. The molecule has 0 spiro atoms. The molecule has 0 radical (unpaired) electrons. The van der Waals surface area contributed by atoms with E-state index in [0.717, 1.165) is 0 Å². The number of carbonyl (C=O) groups is 4. The monoisotopic (exact) mass is 360 g/mol. The largest absolute Gasteiger partial charge is 1.00 e. The van der Waals surface area contributed by atoms with Gasteiger partial charge in [0.2, 0.25) is 0 Å². The number of nitrogens with two attached hydrogens (primary N) is 1. The number of hydrogen-bond acceptors (Lipinski definition) is 7. The normalized spacial score (nSPS) is 11.7. The number of carboxylic acid groups (broad SMARTS) is 4. The summed E-state index contributed by atoms with van der Waals surface area (Å²) >= 11 is 0. The SMILES string of the molecule is CCN(O)C(CC(=O)O)(CC(=O)O)C(N)(CC(=O)O)CC(=O)O.[H-].[Na+]. The van der Waals surface area contributed by atoms with Gasteiger partial charge in [-0.25, -0.2) is 0 Å². The minimum absolute atomic E-state index is 0. The number of rotatable bonds is 11. The van der Waals surface area contributed by atoms with Gasteiger partial charge in [0.25, 0.3) is 0 Å². The Labute approximate surface area is 160 Å². The molecule has 0 aromatic rings. The van der Waals surface area contributed by atoms with Gasteiger partial charge in [0, 0.05) is 6.54 Å². The van der Waals surface area contributed by atoms with Gasteiger partial charge < -0.3 is 32.8 Å². The zero-order valence-corrected chi connectivity index (χ0v) is 15.4. The molecule has 0 aliphatic heterocycles. The summed E-state index contributed by atoms with van der Waals surface area (Å²) < 4.78 is 0. The molecule has 0 unspecified atom stereocenters. The van der Waals surface area contributed by atoms with E-state index in [1.165, 1.54) is 6.92 Å². The minimum atomic E-state index is -2.34. The summed E-state index contributed by atoms with van der Waals surface area (Å²) in [5, 5.41) is 46.4. The van der Waals surface area contributed by atoms with Crippen LogP contribution in [0.4, 0.5) is 0 Å². The number of likely N-dealkylation sites (N-methyl/N-ethyl adjacent to an activating group) is 1. The second-order valence-corrected chi connectivity index (χ2v) is 5.19. The molecule has 0 saturated heterocycles. The predicted molar refractivity (Wildman–Crippen MR) is 73.9 cm³/mol. The van der Waals surface area contributed by atoms with Crippen LogP contribution >= 0.6 is 0 Å². The Hall–Kier alpha value is -1.24.